The van der Waals surface area contributed by atoms with Crippen molar-refractivity contribution >= 4 is 0 Å². The molecule has 5 atom stereocenters. The van der Waals surface area contributed by atoms with Crippen LogP contribution >= 0.6 is 0 Å². The zero-order valence-corrected chi connectivity index (χ0v) is 14.9. The number of unbranched alkanes of at least 4 members (excludes halogenated alkanes) is 7. The summed E-state index contributed by atoms with van der Waals surface area (Å²) >= 11 is 0. The summed E-state index contributed by atoms with van der Waals surface area (Å²) in [6.07, 6.45) is 4.89. The summed E-state index contributed by atoms with van der Waals surface area (Å²) in [5, 5.41) is 36.0. The first-order chi connectivity index (χ1) is 11.1. The van der Waals surface area contributed by atoms with E-state index in [-0.39, 0.29) is 0 Å². The van der Waals surface area contributed by atoms with Gasteiger partial charge in [-0.3, -0.25) is 0 Å². The fourth-order valence-corrected chi connectivity index (χ4v) is 2.59. The molecule has 1 aliphatic heterocycles. The third-order valence-electron chi connectivity index (χ3n) is 4.09. The third-order valence-corrected chi connectivity index (χ3v) is 4.09. The van der Waals surface area contributed by atoms with Gasteiger partial charge in [-0.05, 0) is 13.3 Å². The van der Waals surface area contributed by atoms with E-state index in [1.54, 1.807) is 6.92 Å². The van der Waals surface area contributed by atoms with Gasteiger partial charge >= 0.3 is 0 Å². The first-order valence-corrected chi connectivity index (χ1v) is 8.84. The topological polar surface area (TPSA) is 99.4 Å². The number of hydrogen-bond acceptors (Lipinski definition) is 6. The monoisotopic (exact) mass is 336 g/mol. The van der Waals surface area contributed by atoms with Gasteiger partial charge in [-0.2, -0.15) is 0 Å². The van der Waals surface area contributed by atoms with Crippen LogP contribution < -0.4 is 0 Å². The molecule has 0 aromatic heterocycles. The van der Waals surface area contributed by atoms with Crippen molar-refractivity contribution in [1.29, 1.82) is 0 Å². The van der Waals surface area contributed by atoms with E-state index in [1.807, 2.05) is 0 Å². The van der Waals surface area contributed by atoms with Crippen LogP contribution in [0.15, 0.2) is 0 Å². The molecule has 0 radical (unpaired) electrons. The lowest BCUT2D eigenvalue weighted by molar-refractivity contribution is -0.293. The highest BCUT2D eigenvalue weighted by Gasteiger charge is 2.42. The van der Waals surface area contributed by atoms with Crippen LogP contribution in [-0.2, 0) is 9.47 Å². The van der Waals surface area contributed by atoms with Gasteiger partial charge in [0.25, 0.3) is 0 Å². The van der Waals surface area contributed by atoms with E-state index >= 15 is 0 Å². The Kier molecular flexibility index (Phi) is 14.0. The second kappa shape index (κ2) is 14.1. The largest absolute Gasteiger partial charge is 0.400 e. The van der Waals surface area contributed by atoms with Crippen molar-refractivity contribution in [2.24, 2.45) is 0 Å². The van der Waals surface area contributed by atoms with Crippen LogP contribution in [0.25, 0.3) is 0 Å². The minimum Gasteiger partial charge on any atom is -0.400 e. The van der Waals surface area contributed by atoms with Gasteiger partial charge in [0.1, 0.15) is 18.3 Å². The van der Waals surface area contributed by atoms with Crippen molar-refractivity contribution < 1.29 is 29.9 Å². The Morgan fingerprint density at radius 3 is 1.87 bits per heavy atom. The standard InChI is InChI=1S/C16H32O5.CH4O/c1-3-4-5-6-7-8-9-10-11-20-16-15(19)14(18)13(17)12(2)21-16;1-2/h12-19H,3-11H2,1-2H3;2H,1H3/t12-,13?,14+,15?,16?;/m1./s1. The molecule has 1 fully saturated rings. The molecule has 0 amide bonds. The molecule has 0 saturated carbocycles. The Morgan fingerprint density at radius 1 is 0.783 bits per heavy atom. The van der Waals surface area contributed by atoms with Crippen molar-refractivity contribution in [3.8, 4) is 0 Å². The zero-order chi connectivity index (χ0) is 17.7. The second-order valence-corrected chi connectivity index (χ2v) is 6.03. The predicted molar refractivity (Wildman–Crippen MR) is 89.1 cm³/mol. The minimum atomic E-state index is -1.21. The number of aliphatic hydroxyl groups excluding tert-OH is 4. The number of ether oxygens (including phenoxy) is 2. The second-order valence-electron chi connectivity index (χ2n) is 6.03. The molecule has 4 N–H and O–H groups in total. The molecule has 0 bridgehead atoms. The molecular weight excluding hydrogens is 300 g/mol. The molecule has 1 saturated heterocycles. The lowest BCUT2D eigenvalue weighted by atomic mass is 10.00. The van der Waals surface area contributed by atoms with Gasteiger partial charge in [0.05, 0.1) is 6.10 Å². The summed E-state index contributed by atoms with van der Waals surface area (Å²) in [6, 6.07) is 0. The predicted octanol–water partition coefficient (Wildman–Crippen LogP) is 1.58. The summed E-state index contributed by atoms with van der Waals surface area (Å²) in [4.78, 5) is 0. The highest BCUT2D eigenvalue weighted by Crippen LogP contribution is 2.22. The molecular formula is C17H36O6. The van der Waals surface area contributed by atoms with Crippen molar-refractivity contribution in [2.75, 3.05) is 13.7 Å². The van der Waals surface area contributed by atoms with Gasteiger partial charge in [0.2, 0.25) is 0 Å². The minimum absolute atomic E-state index is 0.506. The molecule has 1 aliphatic rings. The maximum absolute atomic E-state index is 9.79. The lowest BCUT2D eigenvalue weighted by Crippen LogP contribution is -2.57. The SMILES string of the molecule is CCCCCCCCCCOC1O[C@H](C)C(O)[C@H](O)C1O.CO. The molecule has 1 rings (SSSR count). The van der Waals surface area contributed by atoms with E-state index in [4.69, 9.17) is 14.6 Å². The van der Waals surface area contributed by atoms with Gasteiger partial charge in [0, 0.05) is 13.7 Å². The van der Waals surface area contributed by atoms with E-state index in [0.29, 0.717) is 6.61 Å². The number of aliphatic hydroxyl groups is 4. The van der Waals surface area contributed by atoms with Crippen LogP contribution in [0.3, 0.4) is 0 Å². The first-order valence-electron chi connectivity index (χ1n) is 8.84. The average Bonchev–Trinajstić information content (AvgIpc) is 2.57. The summed E-state index contributed by atoms with van der Waals surface area (Å²) in [5.74, 6) is 0. The van der Waals surface area contributed by atoms with Crippen molar-refractivity contribution in [2.45, 2.75) is 95.9 Å². The fraction of sp³-hybridized carbons (Fsp3) is 1.00. The van der Waals surface area contributed by atoms with Gasteiger partial charge in [-0.25, -0.2) is 0 Å². The summed E-state index contributed by atoms with van der Waals surface area (Å²) < 4.78 is 10.9. The van der Waals surface area contributed by atoms with E-state index in [1.165, 1.54) is 38.5 Å². The summed E-state index contributed by atoms with van der Waals surface area (Å²) in [5.41, 5.74) is 0. The van der Waals surface area contributed by atoms with Crippen molar-refractivity contribution in [3.63, 3.8) is 0 Å². The lowest BCUT2D eigenvalue weighted by Gasteiger charge is -2.38. The van der Waals surface area contributed by atoms with Crippen LogP contribution in [0, 0.1) is 0 Å². The Morgan fingerprint density at radius 2 is 1.30 bits per heavy atom. The highest BCUT2D eigenvalue weighted by molar-refractivity contribution is 4.87. The zero-order valence-electron chi connectivity index (χ0n) is 14.9. The molecule has 0 aromatic carbocycles. The number of hydrogen-bond donors (Lipinski definition) is 4. The molecule has 0 aromatic rings. The molecule has 23 heavy (non-hydrogen) atoms. The van der Waals surface area contributed by atoms with E-state index in [2.05, 4.69) is 6.92 Å². The molecule has 140 valence electrons. The Balaban J connectivity index is 0.00000232. The number of rotatable bonds is 10. The molecule has 0 aliphatic carbocycles. The highest BCUT2D eigenvalue weighted by atomic mass is 16.7. The Hall–Kier alpha value is -0.240. The van der Waals surface area contributed by atoms with Crippen molar-refractivity contribution in [3.05, 3.63) is 0 Å². The van der Waals surface area contributed by atoms with Gasteiger partial charge in [0.15, 0.2) is 6.29 Å². The van der Waals surface area contributed by atoms with E-state index in [9.17, 15) is 15.3 Å². The molecule has 6 nitrogen and oxygen atoms in total. The average molecular weight is 336 g/mol. The Bertz CT molecular complexity index is 263. The maximum atomic E-state index is 9.79. The smallest absolute Gasteiger partial charge is 0.186 e. The van der Waals surface area contributed by atoms with Gasteiger partial charge in [-0.1, -0.05) is 51.9 Å². The van der Waals surface area contributed by atoms with Gasteiger partial charge in [-0.15, -0.1) is 0 Å². The van der Waals surface area contributed by atoms with E-state index < -0.39 is 30.7 Å². The molecule has 0 spiro atoms. The Labute approximate surface area is 140 Å². The van der Waals surface area contributed by atoms with Gasteiger partial charge < -0.3 is 29.9 Å². The van der Waals surface area contributed by atoms with Crippen LogP contribution in [0.1, 0.15) is 65.2 Å². The first kappa shape index (κ1) is 22.8. The summed E-state index contributed by atoms with van der Waals surface area (Å²) in [6.45, 7) is 4.38. The van der Waals surface area contributed by atoms with Crippen LogP contribution in [0.5, 0.6) is 0 Å². The quantitative estimate of drug-likeness (QED) is 0.452. The fourth-order valence-electron chi connectivity index (χ4n) is 2.59. The maximum Gasteiger partial charge on any atom is 0.186 e. The van der Waals surface area contributed by atoms with Crippen LogP contribution in [-0.4, -0.2) is 64.8 Å². The summed E-state index contributed by atoms with van der Waals surface area (Å²) in [7, 11) is 1.00. The molecule has 1 heterocycles. The van der Waals surface area contributed by atoms with E-state index in [0.717, 1.165) is 20.0 Å². The molecule has 6 heteroatoms. The third kappa shape index (κ3) is 8.98. The molecule has 3 unspecified atom stereocenters. The van der Waals surface area contributed by atoms with Crippen LogP contribution in [0.4, 0.5) is 0 Å². The normalized spacial score (nSPS) is 30.7. The van der Waals surface area contributed by atoms with Crippen molar-refractivity contribution in [1.82, 2.24) is 0 Å². The van der Waals surface area contributed by atoms with Crippen LogP contribution in [0.2, 0.25) is 0 Å².